The van der Waals surface area contributed by atoms with Crippen LogP contribution in [-0.2, 0) is 27.9 Å². The van der Waals surface area contributed by atoms with Crippen LogP contribution in [0.5, 0.6) is 0 Å². The minimum absolute atomic E-state index is 0.0143. The average Bonchev–Trinajstić information content (AvgIpc) is 2.72. The van der Waals surface area contributed by atoms with Crippen LogP contribution in [-0.4, -0.2) is 19.4 Å². The third-order valence-electron chi connectivity index (χ3n) is 4.14. The second-order valence-corrected chi connectivity index (χ2v) is 7.96. The first-order chi connectivity index (χ1) is 13.9. The Balaban J connectivity index is 1.74. The topological polar surface area (TPSA) is 112 Å². The fourth-order valence-electron chi connectivity index (χ4n) is 2.57. The molecule has 0 saturated heterocycles. The summed E-state index contributed by atoms with van der Waals surface area (Å²) in [7, 11) is -3.84. The maximum Gasteiger partial charge on any atom is 0.339 e. The molecule has 150 valence electrons. The molecule has 0 saturated carbocycles. The minimum atomic E-state index is -3.84. The Labute approximate surface area is 168 Å². The molecule has 1 heterocycles. The third-order valence-corrected chi connectivity index (χ3v) is 5.68. The van der Waals surface area contributed by atoms with Crippen molar-refractivity contribution >= 4 is 16.0 Å². The molecular weight excluding hydrogens is 394 g/mol. The highest BCUT2D eigenvalue weighted by Crippen LogP contribution is 2.18. The lowest BCUT2D eigenvalue weighted by Gasteiger charge is -2.11. The predicted molar refractivity (Wildman–Crippen MR) is 104 cm³/mol. The summed E-state index contributed by atoms with van der Waals surface area (Å²) in [4.78, 5) is 16.1. The number of nitrogens with one attached hydrogen (secondary N) is 1. The van der Waals surface area contributed by atoms with E-state index < -0.39 is 16.0 Å². The predicted octanol–water partition coefficient (Wildman–Crippen LogP) is 1.86. The molecule has 0 aliphatic rings. The summed E-state index contributed by atoms with van der Waals surface area (Å²) in [6.07, 6.45) is 2.65. The Bertz CT molecular complexity index is 1120. The second kappa shape index (κ2) is 8.80. The van der Waals surface area contributed by atoms with Crippen LogP contribution >= 0.6 is 0 Å². The molecule has 1 N–H and O–H groups in total. The summed E-state index contributed by atoms with van der Waals surface area (Å²) in [6.45, 7) is 1.44. The summed E-state index contributed by atoms with van der Waals surface area (Å²) in [5.41, 5.74) is 1.36. The van der Waals surface area contributed by atoms with Crippen molar-refractivity contribution in [1.29, 1.82) is 0 Å². The quantitative estimate of drug-likeness (QED) is 0.359. The van der Waals surface area contributed by atoms with Gasteiger partial charge >= 0.3 is 11.8 Å². The highest BCUT2D eigenvalue weighted by atomic mass is 32.2. The molecule has 0 aliphatic carbocycles. The number of hydrogen-bond acceptors (Lipinski definition) is 6. The van der Waals surface area contributed by atoms with Crippen molar-refractivity contribution in [2.24, 2.45) is 0 Å². The standard InChI is InChI=1S/C20H19N3O5S/c1-15-8-9-17(20(24)28-14-19-21-10-5-11-23(19)25)12-18(15)29(26,27)22-13-16-6-3-2-4-7-16/h2-12,22H,13-14H2,1H3. The van der Waals surface area contributed by atoms with Gasteiger partial charge in [0.15, 0.2) is 6.61 Å². The van der Waals surface area contributed by atoms with E-state index in [2.05, 4.69) is 9.71 Å². The lowest BCUT2D eigenvalue weighted by atomic mass is 10.1. The fraction of sp³-hybridized carbons (Fsp3) is 0.150. The first-order valence-electron chi connectivity index (χ1n) is 8.71. The van der Waals surface area contributed by atoms with Crippen LogP contribution in [0.15, 0.2) is 71.9 Å². The van der Waals surface area contributed by atoms with Crippen molar-refractivity contribution in [3.05, 3.63) is 94.7 Å². The maximum absolute atomic E-state index is 12.7. The van der Waals surface area contributed by atoms with Gasteiger partial charge in [-0.1, -0.05) is 36.4 Å². The number of aryl methyl sites for hydroxylation is 1. The summed E-state index contributed by atoms with van der Waals surface area (Å²) >= 11 is 0. The van der Waals surface area contributed by atoms with Gasteiger partial charge in [-0.05, 0) is 35.2 Å². The number of carbonyl (C=O) groups excluding carboxylic acids is 1. The number of nitrogens with zero attached hydrogens (tertiary/aromatic N) is 2. The van der Waals surface area contributed by atoms with E-state index in [1.54, 1.807) is 6.92 Å². The molecule has 0 fully saturated rings. The first-order valence-corrected chi connectivity index (χ1v) is 10.2. The molecule has 3 rings (SSSR count). The number of carbonyl (C=O) groups is 1. The van der Waals surface area contributed by atoms with Gasteiger partial charge in [0, 0.05) is 12.6 Å². The number of rotatable bonds is 7. The molecule has 3 aromatic rings. The number of hydrogen-bond donors (Lipinski definition) is 1. The Morgan fingerprint density at radius 2 is 1.93 bits per heavy atom. The van der Waals surface area contributed by atoms with Crippen molar-refractivity contribution in [3.63, 3.8) is 0 Å². The number of benzene rings is 2. The Kier molecular flexibility index (Phi) is 6.20. The van der Waals surface area contributed by atoms with Crippen molar-refractivity contribution in [2.75, 3.05) is 0 Å². The number of esters is 1. The monoisotopic (exact) mass is 413 g/mol. The summed E-state index contributed by atoms with van der Waals surface area (Å²) in [5, 5.41) is 11.6. The number of ether oxygens (including phenoxy) is 1. The van der Waals surface area contributed by atoms with Gasteiger partial charge in [-0.15, -0.1) is 0 Å². The van der Waals surface area contributed by atoms with Gasteiger partial charge in [0.2, 0.25) is 10.0 Å². The van der Waals surface area contributed by atoms with Crippen LogP contribution < -0.4 is 9.45 Å². The molecule has 8 nitrogen and oxygen atoms in total. The van der Waals surface area contributed by atoms with Gasteiger partial charge in [-0.25, -0.2) is 22.7 Å². The van der Waals surface area contributed by atoms with Gasteiger partial charge in [-0.2, -0.15) is 0 Å². The molecule has 2 aromatic carbocycles. The molecule has 29 heavy (non-hydrogen) atoms. The molecule has 0 spiro atoms. The van der Waals surface area contributed by atoms with Gasteiger partial charge in [0.05, 0.1) is 16.7 Å². The lowest BCUT2D eigenvalue weighted by molar-refractivity contribution is -0.620. The van der Waals surface area contributed by atoms with Crippen LogP contribution in [0, 0.1) is 12.1 Å². The highest BCUT2D eigenvalue weighted by Gasteiger charge is 2.20. The van der Waals surface area contributed by atoms with Crippen molar-refractivity contribution in [1.82, 2.24) is 9.71 Å². The average molecular weight is 413 g/mol. The number of sulfonamides is 1. The third kappa shape index (κ3) is 5.15. The van der Waals surface area contributed by atoms with Gasteiger partial charge in [-0.3, -0.25) is 0 Å². The highest BCUT2D eigenvalue weighted by molar-refractivity contribution is 7.89. The molecule has 0 amide bonds. The van der Waals surface area contributed by atoms with E-state index in [-0.39, 0.29) is 29.4 Å². The van der Waals surface area contributed by atoms with E-state index in [1.165, 1.54) is 36.7 Å². The normalized spacial score (nSPS) is 11.2. The summed E-state index contributed by atoms with van der Waals surface area (Å²) in [6, 6.07) is 14.8. The van der Waals surface area contributed by atoms with Crippen LogP contribution in [0.2, 0.25) is 0 Å². The Hall–Kier alpha value is -3.30. The maximum atomic E-state index is 12.7. The SMILES string of the molecule is Cc1ccc(C(=O)OCc2nccc[n+]2[O-])cc1S(=O)(=O)NCc1ccccc1. The van der Waals surface area contributed by atoms with E-state index in [0.29, 0.717) is 10.3 Å². The van der Waals surface area contributed by atoms with Gasteiger partial charge in [0.1, 0.15) is 6.20 Å². The minimum Gasteiger partial charge on any atom is -0.711 e. The molecule has 0 bridgehead atoms. The second-order valence-electron chi connectivity index (χ2n) is 6.23. The van der Waals surface area contributed by atoms with Crippen LogP contribution in [0.25, 0.3) is 0 Å². The van der Waals surface area contributed by atoms with E-state index >= 15 is 0 Å². The Morgan fingerprint density at radius 1 is 1.17 bits per heavy atom. The van der Waals surface area contributed by atoms with E-state index in [1.807, 2.05) is 30.3 Å². The fourth-order valence-corrected chi connectivity index (χ4v) is 3.86. The largest absolute Gasteiger partial charge is 0.711 e. The molecule has 9 heteroatoms. The van der Waals surface area contributed by atoms with E-state index in [4.69, 9.17) is 4.74 Å². The van der Waals surface area contributed by atoms with Crippen LogP contribution in [0.4, 0.5) is 0 Å². The smallest absolute Gasteiger partial charge is 0.339 e. The zero-order valence-electron chi connectivity index (χ0n) is 15.6. The summed E-state index contributed by atoms with van der Waals surface area (Å²) < 4.78 is 33.5. The Morgan fingerprint density at radius 3 is 2.66 bits per heavy atom. The zero-order chi connectivity index (χ0) is 20.9. The van der Waals surface area contributed by atoms with Crippen molar-refractivity contribution < 1.29 is 22.7 Å². The zero-order valence-corrected chi connectivity index (χ0v) is 16.4. The van der Waals surface area contributed by atoms with Gasteiger partial charge in [0.25, 0.3) is 0 Å². The van der Waals surface area contributed by atoms with Crippen LogP contribution in [0.1, 0.15) is 27.3 Å². The molecule has 0 aliphatic heterocycles. The van der Waals surface area contributed by atoms with E-state index in [0.717, 1.165) is 5.56 Å². The molecule has 0 unspecified atom stereocenters. The van der Waals surface area contributed by atoms with Crippen molar-refractivity contribution in [2.45, 2.75) is 25.0 Å². The van der Waals surface area contributed by atoms with Crippen molar-refractivity contribution in [3.8, 4) is 0 Å². The summed E-state index contributed by atoms with van der Waals surface area (Å²) in [5.74, 6) is -0.736. The van der Waals surface area contributed by atoms with Crippen LogP contribution in [0.3, 0.4) is 0 Å². The first kappa shape index (κ1) is 20.4. The van der Waals surface area contributed by atoms with Gasteiger partial charge < -0.3 is 9.94 Å². The molecule has 1 aromatic heterocycles. The van der Waals surface area contributed by atoms with E-state index in [9.17, 15) is 18.4 Å². The molecular formula is C20H19N3O5S. The lowest BCUT2D eigenvalue weighted by Crippen LogP contribution is -2.33. The molecule has 0 atom stereocenters. The number of aromatic nitrogens is 2. The molecule has 0 radical (unpaired) electrons.